The van der Waals surface area contributed by atoms with Gasteiger partial charge in [0, 0.05) is 23.7 Å². The standard InChI is InChI=1S/C12H16ClNO2/c1-3-14(6-7-15)12(16)11-8-10(13)5-4-9(11)2/h4-5,8,15H,3,6-7H2,1-2H3. The normalized spacial score (nSPS) is 10.2. The first-order valence-corrected chi connectivity index (χ1v) is 5.64. The van der Waals surface area contributed by atoms with E-state index in [1.165, 1.54) is 0 Å². The lowest BCUT2D eigenvalue weighted by Crippen LogP contribution is -2.33. The molecule has 0 radical (unpaired) electrons. The molecule has 1 amide bonds. The third-order valence-corrected chi connectivity index (χ3v) is 2.70. The minimum atomic E-state index is -0.0865. The van der Waals surface area contributed by atoms with Gasteiger partial charge in [-0.05, 0) is 31.5 Å². The van der Waals surface area contributed by atoms with Crippen LogP contribution in [0.3, 0.4) is 0 Å². The average Bonchev–Trinajstić information content (AvgIpc) is 2.28. The summed E-state index contributed by atoms with van der Waals surface area (Å²) in [6.07, 6.45) is 0. The largest absolute Gasteiger partial charge is 0.395 e. The number of hydrogen-bond acceptors (Lipinski definition) is 2. The van der Waals surface area contributed by atoms with Gasteiger partial charge in [0.05, 0.1) is 6.61 Å². The lowest BCUT2D eigenvalue weighted by Gasteiger charge is -2.20. The van der Waals surface area contributed by atoms with Crippen LogP contribution in [0.5, 0.6) is 0 Å². The summed E-state index contributed by atoms with van der Waals surface area (Å²) < 4.78 is 0. The first-order valence-electron chi connectivity index (χ1n) is 5.26. The van der Waals surface area contributed by atoms with Crippen molar-refractivity contribution in [2.45, 2.75) is 13.8 Å². The Labute approximate surface area is 101 Å². The number of carbonyl (C=O) groups is 1. The highest BCUT2D eigenvalue weighted by molar-refractivity contribution is 6.31. The van der Waals surface area contributed by atoms with Crippen LogP contribution in [0.4, 0.5) is 0 Å². The van der Waals surface area contributed by atoms with E-state index in [-0.39, 0.29) is 12.5 Å². The molecule has 3 nitrogen and oxygen atoms in total. The Balaban J connectivity index is 2.98. The molecule has 0 heterocycles. The molecule has 0 unspecified atom stereocenters. The van der Waals surface area contributed by atoms with E-state index in [0.29, 0.717) is 23.7 Å². The number of likely N-dealkylation sites (N-methyl/N-ethyl adjacent to an activating group) is 1. The summed E-state index contributed by atoms with van der Waals surface area (Å²) in [5.74, 6) is -0.0865. The Morgan fingerprint density at radius 3 is 2.75 bits per heavy atom. The molecule has 0 aliphatic heterocycles. The van der Waals surface area contributed by atoms with Gasteiger partial charge in [-0.25, -0.2) is 0 Å². The maximum absolute atomic E-state index is 12.1. The summed E-state index contributed by atoms with van der Waals surface area (Å²) in [5.41, 5.74) is 1.49. The first kappa shape index (κ1) is 13.0. The molecule has 0 bridgehead atoms. The summed E-state index contributed by atoms with van der Waals surface area (Å²) in [7, 11) is 0. The van der Waals surface area contributed by atoms with Crippen molar-refractivity contribution in [1.82, 2.24) is 4.90 Å². The number of amides is 1. The zero-order valence-electron chi connectivity index (χ0n) is 9.53. The van der Waals surface area contributed by atoms with Crippen molar-refractivity contribution in [3.8, 4) is 0 Å². The van der Waals surface area contributed by atoms with Crippen molar-refractivity contribution in [2.75, 3.05) is 19.7 Å². The van der Waals surface area contributed by atoms with Crippen LogP contribution in [-0.2, 0) is 0 Å². The van der Waals surface area contributed by atoms with Gasteiger partial charge in [0.1, 0.15) is 0 Å². The molecular formula is C12H16ClNO2. The van der Waals surface area contributed by atoms with Crippen molar-refractivity contribution in [2.24, 2.45) is 0 Å². The van der Waals surface area contributed by atoms with Crippen LogP contribution in [0, 0.1) is 6.92 Å². The minimum absolute atomic E-state index is 0.0286. The van der Waals surface area contributed by atoms with Gasteiger partial charge in [-0.3, -0.25) is 4.79 Å². The van der Waals surface area contributed by atoms with Crippen LogP contribution in [0.1, 0.15) is 22.8 Å². The van der Waals surface area contributed by atoms with Gasteiger partial charge < -0.3 is 10.0 Å². The predicted octanol–water partition coefficient (Wildman–Crippen LogP) is 2.10. The van der Waals surface area contributed by atoms with Crippen LogP contribution in [-0.4, -0.2) is 35.6 Å². The summed E-state index contributed by atoms with van der Waals surface area (Å²) in [4.78, 5) is 13.7. The third-order valence-electron chi connectivity index (χ3n) is 2.47. The number of benzene rings is 1. The molecule has 1 N–H and O–H groups in total. The number of rotatable bonds is 4. The third kappa shape index (κ3) is 2.97. The molecule has 1 aromatic carbocycles. The summed E-state index contributed by atoms with van der Waals surface area (Å²) in [5, 5.41) is 9.42. The van der Waals surface area contributed by atoms with E-state index in [0.717, 1.165) is 5.56 Å². The topological polar surface area (TPSA) is 40.5 Å². The van der Waals surface area contributed by atoms with E-state index in [2.05, 4.69) is 0 Å². The number of aryl methyl sites for hydroxylation is 1. The lowest BCUT2D eigenvalue weighted by molar-refractivity contribution is 0.0731. The van der Waals surface area contributed by atoms with Gasteiger partial charge in [0.15, 0.2) is 0 Å². The maximum Gasteiger partial charge on any atom is 0.254 e. The van der Waals surface area contributed by atoms with E-state index in [9.17, 15) is 4.79 Å². The van der Waals surface area contributed by atoms with Crippen LogP contribution < -0.4 is 0 Å². The van der Waals surface area contributed by atoms with Crippen molar-refractivity contribution in [1.29, 1.82) is 0 Å². The fraction of sp³-hybridized carbons (Fsp3) is 0.417. The van der Waals surface area contributed by atoms with Crippen molar-refractivity contribution < 1.29 is 9.90 Å². The molecule has 0 aliphatic carbocycles. The fourth-order valence-electron chi connectivity index (χ4n) is 1.52. The Bertz CT molecular complexity index is 379. The van der Waals surface area contributed by atoms with E-state index in [1.54, 1.807) is 17.0 Å². The van der Waals surface area contributed by atoms with Gasteiger partial charge in [0.25, 0.3) is 5.91 Å². The van der Waals surface area contributed by atoms with E-state index >= 15 is 0 Å². The number of nitrogens with zero attached hydrogens (tertiary/aromatic N) is 1. The number of halogens is 1. The molecule has 0 fully saturated rings. The monoisotopic (exact) mass is 241 g/mol. The molecule has 1 aromatic rings. The highest BCUT2D eigenvalue weighted by Gasteiger charge is 2.15. The van der Waals surface area contributed by atoms with Crippen molar-refractivity contribution in [3.63, 3.8) is 0 Å². The molecule has 0 spiro atoms. The Morgan fingerprint density at radius 1 is 1.50 bits per heavy atom. The number of aliphatic hydroxyl groups is 1. The Hall–Kier alpha value is -1.06. The number of hydrogen-bond donors (Lipinski definition) is 1. The molecule has 0 saturated carbocycles. The molecule has 0 atom stereocenters. The first-order chi connectivity index (χ1) is 7.60. The number of carbonyl (C=O) groups excluding carboxylic acids is 1. The Kier molecular flexibility index (Phi) is 4.77. The van der Waals surface area contributed by atoms with Gasteiger partial charge in [-0.15, -0.1) is 0 Å². The van der Waals surface area contributed by atoms with Crippen LogP contribution in [0.2, 0.25) is 5.02 Å². The fourth-order valence-corrected chi connectivity index (χ4v) is 1.69. The van der Waals surface area contributed by atoms with Crippen LogP contribution in [0.15, 0.2) is 18.2 Å². The average molecular weight is 242 g/mol. The number of aliphatic hydroxyl groups excluding tert-OH is 1. The second kappa shape index (κ2) is 5.87. The van der Waals surface area contributed by atoms with E-state index in [4.69, 9.17) is 16.7 Å². The zero-order valence-corrected chi connectivity index (χ0v) is 10.3. The SMILES string of the molecule is CCN(CCO)C(=O)c1cc(Cl)ccc1C. The summed E-state index contributed by atoms with van der Waals surface area (Å²) in [6, 6.07) is 5.25. The molecule has 1 rings (SSSR count). The lowest BCUT2D eigenvalue weighted by atomic mass is 10.1. The molecule has 16 heavy (non-hydrogen) atoms. The smallest absolute Gasteiger partial charge is 0.254 e. The van der Waals surface area contributed by atoms with Gasteiger partial charge >= 0.3 is 0 Å². The quantitative estimate of drug-likeness (QED) is 0.877. The van der Waals surface area contributed by atoms with E-state index < -0.39 is 0 Å². The van der Waals surface area contributed by atoms with Gasteiger partial charge in [0.2, 0.25) is 0 Å². The zero-order chi connectivity index (χ0) is 12.1. The summed E-state index contributed by atoms with van der Waals surface area (Å²) in [6.45, 7) is 4.65. The molecule has 0 saturated heterocycles. The highest BCUT2D eigenvalue weighted by atomic mass is 35.5. The van der Waals surface area contributed by atoms with E-state index in [1.807, 2.05) is 19.9 Å². The van der Waals surface area contributed by atoms with Crippen molar-refractivity contribution in [3.05, 3.63) is 34.3 Å². The second-order valence-electron chi connectivity index (χ2n) is 3.57. The second-order valence-corrected chi connectivity index (χ2v) is 4.00. The van der Waals surface area contributed by atoms with Crippen LogP contribution >= 0.6 is 11.6 Å². The van der Waals surface area contributed by atoms with Crippen molar-refractivity contribution >= 4 is 17.5 Å². The summed E-state index contributed by atoms with van der Waals surface area (Å²) >= 11 is 5.87. The maximum atomic E-state index is 12.1. The molecule has 0 aromatic heterocycles. The van der Waals surface area contributed by atoms with Gasteiger partial charge in [-0.2, -0.15) is 0 Å². The molecular weight excluding hydrogens is 226 g/mol. The highest BCUT2D eigenvalue weighted by Crippen LogP contribution is 2.17. The van der Waals surface area contributed by atoms with Crippen LogP contribution in [0.25, 0.3) is 0 Å². The predicted molar refractivity (Wildman–Crippen MR) is 64.9 cm³/mol. The Morgan fingerprint density at radius 2 is 2.19 bits per heavy atom. The molecule has 4 heteroatoms. The molecule has 88 valence electrons. The van der Waals surface area contributed by atoms with Gasteiger partial charge in [-0.1, -0.05) is 17.7 Å². The molecule has 0 aliphatic rings. The minimum Gasteiger partial charge on any atom is -0.395 e.